The molecule has 0 radical (unpaired) electrons. The molecule has 0 heterocycles. The lowest BCUT2D eigenvalue weighted by molar-refractivity contribution is -0.104. The van der Waals surface area contributed by atoms with Crippen LogP contribution in [0.15, 0.2) is 72.8 Å². The second kappa shape index (κ2) is 10.6. The second-order valence-corrected chi connectivity index (χ2v) is 20.4. The number of hydrogen-bond donors (Lipinski definition) is 0. The second-order valence-electron chi connectivity index (χ2n) is 11.3. The van der Waals surface area contributed by atoms with E-state index in [2.05, 4.69) is 110 Å². The Morgan fingerprint density at radius 2 is 1.21 bits per heavy atom. The Morgan fingerprint density at radius 3 is 1.58 bits per heavy atom. The van der Waals surface area contributed by atoms with Crippen LogP contribution in [0.25, 0.3) is 0 Å². The molecule has 0 N–H and O–H groups in total. The zero-order chi connectivity index (χ0) is 24.9. The van der Waals surface area contributed by atoms with Crippen LogP contribution in [0, 0.1) is 0 Å². The first-order valence-corrected chi connectivity index (χ1v) is 16.7. The molecule has 0 bridgehead atoms. The number of carbonyl (C=O) groups excluding carboxylic acids is 1. The van der Waals surface area contributed by atoms with Crippen molar-refractivity contribution in [2.75, 3.05) is 0 Å². The SMILES string of the molecule is C[C@H](O[Si](C)(C)C(C)(C)C)[C@H](/C=C\C=O)O[Si](c1ccccc1)(c1ccccc1)C(C)(C)C. The first-order chi connectivity index (χ1) is 15.3. The summed E-state index contributed by atoms with van der Waals surface area (Å²) < 4.78 is 14.0. The van der Waals surface area contributed by atoms with E-state index in [1.54, 1.807) is 6.08 Å². The van der Waals surface area contributed by atoms with Crippen LogP contribution in [0.4, 0.5) is 0 Å². The highest BCUT2D eigenvalue weighted by atomic mass is 28.4. The van der Waals surface area contributed by atoms with E-state index in [9.17, 15) is 4.79 Å². The Balaban J connectivity index is 2.66. The van der Waals surface area contributed by atoms with Gasteiger partial charge >= 0.3 is 0 Å². The molecule has 0 unspecified atom stereocenters. The molecule has 180 valence electrons. The minimum absolute atomic E-state index is 0.0809. The number of benzene rings is 2. The van der Waals surface area contributed by atoms with E-state index in [1.807, 2.05) is 18.2 Å². The third-order valence-corrected chi connectivity index (χ3v) is 16.5. The van der Waals surface area contributed by atoms with Gasteiger partial charge in [-0.2, -0.15) is 0 Å². The quantitative estimate of drug-likeness (QED) is 0.246. The van der Waals surface area contributed by atoms with E-state index in [1.165, 1.54) is 10.4 Å². The summed E-state index contributed by atoms with van der Waals surface area (Å²) in [6.07, 6.45) is 3.71. The number of allylic oxidation sites excluding steroid dienone is 1. The Bertz CT molecular complexity index is 870. The normalized spacial score (nSPS) is 15.4. The van der Waals surface area contributed by atoms with Gasteiger partial charge in [-0.25, -0.2) is 0 Å². The third kappa shape index (κ3) is 6.21. The molecule has 2 aromatic carbocycles. The summed E-state index contributed by atoms with van der Waals surface area (Å²) in [4.78, 5) is 11.3. The molecule has 0 aromatic heterocycles. The highest BCUT2D eigenvalue weighted by Crippen LogP contribution is 2.40. The van der Waals surface area contributed by atoms with E-state index >= 15 is 0 Å². The largest absolute Gasteiger partial charge is 0.411 e. The van der Waals surface area contributed by atoms with E-state index in [0.717, 1.165) is 6.29 Å². The molecule has 0 aliphatic carbocycles. The molecule has 2 aromatic rings. The van der Waals surface area contributed by atoms with Crippen LogP contribution in [-0.2, 0) is 13.6 Å². The lowest BCUT2D eigenvalue weighted by atomic mass is 10.2. The molecule has 33 heavy (non-hydrogen) atoms. The van der Waals surface area contributed by atoms with Crippen molar-refractivity contribution in [2.45, 2.75) is 83.8 Å². The number of rotatable bonds is 9. The van der Waals surface area contributed by atoms with Crippen molar-refractivity contribution in [1.82, 2.24) is 0 Å². The van der Waals surface area contributed by atoms with Gasteiger partial charge in [0, 0.05) is 0 Å². The highest BCUT2D eigenvalue weighted by molar-refractivity contribution is 6.99. The van der Waals surface area contributed by atoms with Crippen LogP contribution in [0.3, 0.4) is 0 Å². The summed E-state index contributed by atoms with van der Waals surface area (Å²) in [6.45, 7) is 20.1. The van der Waals surface area contributed by atoms with Gasteiger partial charge < -0.3 is 8.85 Å². The first-order valence-electron chi connectivity index (χ1n) is 11.8. The van der Waals surface area contributed by atoms with Gasteiger partial charge in [0.2, 0.25) is 0 Å². The monoisotopic (exact) mass is 482 g/mol. The Hall–Kier alpha value is -1.80. The molecule has 0 aliphatic heterocycles. The molecule has 0 fully saturated rings. The van der Waals surface area contributed by atoms with Crippen LogP contribution in [0.1, 0.15) is 48.5 Å². The third-order valence-electron chi connectivity index (χ3n) is 6.86. The fraction of sp³-hybridized carbons (Fsp3) is 0.464. The lowest BCUT2D eigenvalue weighted by Gasteiger charge is -2.47. The van der Waals surface area contributed by atoms with Crippen molar-refractivity contribution >= 4 is 33.3 Å². The summed E-state index contributed by atoms with van der Waals surface area (Å²) in [7, 11) is -4.81. The zero-order valence-corrected chi connectivity index (χ0v) is 23.9. The summed E-state index contributed by atoms with van der Waals surface area (Å²) >= 11 is 0. The van der Waals surface area contributed by atoms with Crippen molar-refractivity contribution in [3.8, 4) is 0 Å². The summed E-state index contributed by atoms with van der Waals surface area (Å²) in [5, 5.41) is 2.36. The van der Waals surface area contributed by atoms with Crippen molar-refractivity contribution in [3.05, 3.63) is 72.8 Å². The number of aldehydes is 1. The first kappa shape index (κ1) is 27.4. The lowest BCUT2D eigenvalue weighted by Crippen LogP contribution is -2.68. The smallest absolute Gasteiger partial charge is 0.262 e. The maximum Gasteiger partial charge on any atom is 0.262 e. The maximum absolute atomic E-state index is 11.3. The summed E-state index contributed by atoms with van der Waals surface area (Å²) in [5.74, 6) is 0. The molecule has 0 saturated heterocycles. The van der Waals surface area contributed by atoms with Gasteiger partial charge in [0.05, 0.1) is 12.2 Å². The molecular formula is C28H42O3Si2. The molecule has 0 aliphatic rings. The van der Waals surface area contributed by atoms with Gasteiger partial charge in [-0.3, -0.25) is 4.79 Å². The van der Waals surface area contributed by atoms with E-state index in [-0.39, 0.29) is 22.3 Å². The van der Waals surface area contributed by atoms with Gasteiger partial charge in [0.15, 0.2) is 8.32 Å². The summed E-state index contributed by atoms with van der Waals surface area (Å²) in [6, 6.07) is 21.2. The van der Waals surface area contributed by atoms with Crippen LogP contribution in [0.5, 0.6) is 0 Å². The predicted molar refractivity (Wildman–Crippen MR) is 145 cm³/mol. The van der Waals surface area contributed by atoms with Gasteiger partial charge in [0.1, 0.15) is 6.29 Å². The zero-order valence-electron chi connectivity index (χ0n) is 21.9. The predicted octanol–water partition coefficient (Wildman–Crippen LogP) is 6.10. The van der Waals surface area contributed by atoms with Crippen molar-refractivity contribution < 1.29 is 13.6 Å². The number of hydrogen-bond acceptors (Lipinski definition) is 3. The van der Waals surface area contributed by atoms with Gasteiger partial charge in [-0.1, -0.05) is 108 Å². The molecule has 3 nitrogen and oxygen atoms in total. The number of carbonyl (C=O) groups is 1. The van der Waals surface area contributed by atoms with E-state index < -0.39 is 16.6 Å². The Kier molecular flexibility index (Phi) is 8.85. The molecule has 2 atom stereocenters. The van der Waals surface area contributed by atoms with Gasteiger partial charge in [-0.15, -0.1) is 0 Å². The highest BCUT2D eigenvalue weighted by Gasteiger charge is 2.52. The Labute approximate surface area is 203 Å². The topological polar surface area (TPSA) is 35.5 Å². The van der Waals surface area contributed by atoms with Gasteiger partial charge in [-0.05, 0) is 46.5 Å². The van der Waals surface area contributed by atoms with Crippen LogP contribution in [0.2, 0.25) is 23.2 Å². The van der Waals surface area contributed by atoms with E-state index in [4.69, 9.17) is 8.85 Å². The van der Waals surface area contributed by atoms with Crippen LogP contribution in [-0.4, -0.2) is 35.1 Å². The van der Waals surface area contributed by atoms with Crippen molar-refractivity contribution in [3.63, 3.8) is 0 Å². The molecule has 0 amide bonds. The molecular weight excluding hydrogens is 440 g/mol. The Morgan fingerprint density at radius 1 is 0.758 bits per heavy atom. The average Bonchev–Trinajstić information content (AvgIpc) is 2.73. The molecule has 0 saturated carbocycles. The van der Waals surface area contributed by atoms with E-state index in [0.29, 0.717) is 0 Å². The fourth-order valence-electron chi connectivity index (χ4n) is 4.05. The molecule has 5 heteroatoms. The fourth-order valence-corrected chi connectivity index (χ4v) is 10.2. The van der Waals surface area contributed by atoms with Crippen molar-refractivity contribution in [2.24, 2.45) is 0 Å². The minimum Gasteiger partial charge on any atom is -0.411 e. The maximum atomic E-state index is 11.3. The molecule has 2 rings (SSSR count). The van der Waals surface area contributed by atoms with Gasteiger partial charge in [0.25, 0.3) is 8.32 Å². The van der Waals surface area contributed by atoms with Crippen LogP contribution < -0.4 is 10.4 Å². The van der Waals surface area contributed by atoms with Crippen molar-refractivity contribution in [1.29, 1.82) is 0 Å². The van der Waals surface area contributed by atoms with Crippen LogP contribution >= 0.6 is 0 Å². The standard InChI is InChI=1S/C28H42O3Si2/c1-23(30-32(8,9)27(2,3)4)26(21-16-22-29)31-33(28(5,6)7,24-17-12-10-13-18-24)25-19-14-11-15-20-25/h10-23,26H,1-9H3/b21-16-/t23-,26-/m0/s1. The molecule has 0 spiro atoms. The average molecular weight is 483 g/mol. The summed E-state index contributed by atoms with van der Waals surface area (Å²) in [5.41, 5.74) is 0. The minimum atomic E-state index is -2.78.